The molecule has 3 fully saturated rings. The summed E-state index contributed by atoms with van der Waals surface area (Å²) in [5, 5.41) is 7.41. The molecule has 0 bridgehead atoms. The van der Waals surface area contributed by atoms with Crippen LogP contribution in [0.3, 0.4) is 0 Å². The highest BCUT2D eigenvalue weighted by Gasteiger charge is 2.40. The Morgan fingerprint density at radius 1 is 1.32 bits per heavy atom. The van der Waals surface area contributed by atoms with Gasteiger partial charge in [-0.2, -0.15) is 0 Å². The molecule has 0 aromatic carbocycles. The van der Waals surface area contributed by atoms with Crippen LogP contribution in [0.25, 0.3) is 0 Å². The minimum absolute atomic E-state index is 0.0681. The molecule has 2 aliphatic heterocycles. The van der Waals surface area contributed by atoms with E-state index in [9.17, 15) is 4.79 Å². The number of hydrogen-bond donors (Lipinski definition) is 2. The van der Waals surface area contributed by atoms with E-state index in [0.717, 1.165) is 26.3 Å². The van der Waals surface area contributed by atoms with Crippen molar-refractivity contribution in [2.45, 2.75) is 70.1 Å². The zero-order chi connectivity index (χ0) is 15.7. The molecule has 4 unspecified atom stereocenters. The Morgan fingerprint density at radius 3 is 2.77 bits per heavy atom. The van der Waals surface area contributed by atoms with E-state index in [1.807, 2.05) is 4.90 Å². The standard InChI is InChI=1S/C17H31N3O2/c1-17(2,3)20-10-12(9-16(20)21)19-14-6-4-5-13(14)15-11-22-8-7-18-15/h12-15,18-19H,4-11H2,1-3H3. The molecule has 126 valence electrons. The quantitative estimate of drug-likeness (QED) is 0.821. The Labute approximate surface area is 134 Å². The maximum atomic E-state index is 12.2. The van der Waals surface area contributed by atoms with Gasteiger partial charge in [-0.05, 0) is 39.5 Å². The number of hydrogen-bond acceptors (Lipinski definition) is 4. The van der Waals surface area contributed by atoms with Crippen molar-refractivity contribution in [1.29, 1.82) is 0 Å². The van der Waals surface area contributed by atoms with Crippen molar-refractivity contribution in [2.75, 3.05) is 26.3 Å². The van der Waals surface area contributed by atoms with E-state index in [0.29, 0.717) is 36.4 Å². The largest absolute Gasteiger partial charge is 0.379 e. The van der Waals surface area contributed by atoms with Gasteiger partial charge in [-0.1, -0.05) is 6.42 Å². The lowest BCUT2D eigenvalue weighted by molar-refractivity contribution is -0.131. The Morgan fingerprint density at radius 2 is 2.14 bits per heavy atom. The summed E-state index contributed by atoms with van der Waals surface area (Å²) in [4.78, 5) is 14.3. The van der Waals surface area contributed by atoms with E-state index in [1.165, 1.54) is 19.3 Å². The summed E-state index contributed by atoms with van der Waals surface area (Å²) in [6.45, 7) is 9.84. The van der Waals surface area contributed by atoms with Crippen molar-refractivity contribution >= 4 is 5.91 Å². The first kappa shape index (κ1) is 16.2. The first-order valence-electron chi connectivity index (χ1n) is 8.83. The number of carbonyl (C=O) groups excluding carboxylic acids is 1. The van der Waals surface area contributed by atoms with Crippen molar-refractivity contribution in [1.82, 2.24) is 15.5 Å². The average Bonchev–Trinajstić information content (AvgIpc) is 3.06. The van der Waals surface area contributed by atoms with Gasteiger partial charge in [0.05, 0.1) is 13.2 Å². The first-order chi connectivity index (χ1) is 10.4. The predicted molar refractivity (Wildman–Crippen MR) is 86.7 cm³/mol. The summed E-state index contributed by atoms with van der Waals surface area (Å²) in [5.41, 5.74) is -0.0681. The molecule has 5 heteroatoms. The molecule has 0 radical (unpaired) electrons. The van der Waals surface area contributed by atoms with E-state index in [-0.39, 0.29) is 5.54 Å². The SMILES string of the molecule is CC(C)(C)N1CC(NC2CCCC2C2COCCN2)CC1=O. The van der Waals surface area contributed by atoms with Gasteiger partial charge in [-0.3, -0.25) is 4.79 Å². The molecule has 0 spiro atoms. The minimum atomic E-state index is -0.0681. The fourth-order valence-corrected chi connectivity index (χ4v) is 4.31. The lowest BCUT2D eigenvalue weighted by atomic mass is 9.93. The van der Waals surface area contributed by atoms with Crippen LogP contribution in [-0.2, 0) is 9.53 Å². The molecule has 0 aromatic rings. The summed E-state index contributed by atoms with van der Waals surface area (Å²) in [6.07, 6.45) is 4.42. The molecule has 2 saturated heterocycles. The number of nitrogens with zero attached hydrogens (tertiary/aromatic N) is 1. The number of carbonyl (C=O) groups is 1. The highest BCUT2D eigenvalue weighted by Crippen LogP contribution is 2.31. The fraction of sp³-hybridized carbons (Fsp3) is 0.941. The van der Waals surface area contributed by atoms with E-state index in [1.54, 1.807) is 0 Å². The topological polar surface area (TPSA) is 53.6 Å². The normalized spacial score (nSPS) is 37.0. The molecule has 4 atom stereocenters. The van der Waals surface area contributed by atoms with Crippen LogP contribution in [0, 0.1) is 5.92 Å². The fourth-order valence-electron chi connectivity index (χ4n) is 4.31. The number of amides is 1. The van der Waals surface area contributed by atoms with Gasteiger partial charge in [0, 0.05) is 43.2 Å². The summed E-state index contributed by atoms with van der Waals surface area (Å²) in [6, 6.07) is 1.31. The van der Waals surface area contributed by atoms with Crippen LogP contribution in [0.1, 0.15) is 46.5 Å². The molecule has 22 heavy (non-hydrogen) atoms. The Balaban J connectivity index is 1.57. The molecular formula is C17H31N3O2. The third kappa shape index (κ3) is 3.47. The minimum Gasteiger partial charge on any atom is -0.379 e. The number of rotatable bonds is 3. The number of ether oxygens (including phenoxy) is 1. The van der Waals surface area contributed by atoms with Crippen LogP contribution in [0.5, 0.6) is 0 Å². The highest BCUT2D eigenvalue weighted by molar-refractivity contribution is 5.80. The van der Waals surface area contributed by atoms with Gasteiger partial charge in [-0.25, -0.2) is 0 Å². The monoisotopic (exact) mass is 309 g/mol. The number of likely N-dealkylation sites (tertiary alicyclic amines) is 1. The molecule has 3 rings (SSSR count). The van der Waals surface area contributed by atoms with Crippen molar-refractivity contribution in [3.63, 3.8) is 0 Å². The van der Waals surface area contributed by atoms with Crippen LogP contribution < -0.4 is 10.6 Å². The molecule has 1 amide bonds. The smallest absolute Gasteiger partial charge is 0.224 e. The van der Waals surface area contributed by atoms with Gasteiger partial charge in [0.15, 0.2) is 0 Å². The Bertz CT molecular complexity index is 401. The third-order valence-electron chi connectivity index (χ3n) is 5.42. The van der Waals surface area contributed by atoms with Crippen LogP contribution >= 0.6 is 0 Å². The average molecular weight is 309 g/mol. The second-order valence-electron chi connectivity index (χ2n) is 8.08. The van der Waals surface area contributed by atoms with Gasteiger partial charge >= 0.3 is 0 Å². The zero-order valence-corrected chi connectivity index (χ0v) is 14.2. The van der Waals surface area contributed by atoms with Gasteiger partial charge in [-0.15, -0.1) is 0 Å². The highest BCUT2D eigenvalue weighted by atomic mass is 16.5. The van der Waals surface area contributed by atoms with Crippen LogP contribution in [0.15, 0.2) is 0 Å². The molecule has 3 aliphatic rings. The Hall–Kier alpha value is -0.650. The van der Waals surface area contributed by atoms with E-state index < -0.39 is 0 Å². The van der Waals surface area contributed by atoms with E-state index >= 15 is 0 Å². The maximum absolute atomic E-state index is 12.2. The third-order valence-corrected chi connectivity index (χ3v) is 5.42. The second-order valence-corrected chi connectivity index (χ2v) is 8.08. The zero-order valence-electron chi connectivity index (χ0n) is 14.2. The molecular weight excluding hydrogens is 278 g/mol. The first-order valence-corrected chi connectivity index (χ1v) is 8.83. The summed E-state index contributed by atoms with van der Waals surface area (Å²) in [7, 11) is 0. The number of morpholine rings is 1. The van der Waals surface area contributed by atoms with Gasteiger partial charge in [0.1, 0.15) is 0 Å². The van der Waals surface area contributed by atoms with Crippen molar-refractivity contribution in [2.24, 2.45) is 5.92 Å². The summed E-state index contributed by atoms with van der Waals surface area (Å²) in [5.74, 6) is 0.928. The van der Waals surface area contributed by atoms with Gasteiger partial charge in [0.25, 0.3) is 0 Å². The molecule has 1 saturated carbocycles. The molecule has 0 aromatic heterocycles. The van der Waals surface area contributed by atoms with E-state index in [2.05, 4.69) is 31.4 Å². The van der Waals surface area contributed by atoms with Crippen LogP contribution in [0.4, 0.5) is 0 Å². The molecule has 1 aliphatic carbocycles. The predicted octanol–water partition coefficient (Wildman–Crippen LogP) is 1.13. The number of nitrogens with one attached hydrogen (secondary N) is 2. The van der Waals surface area contributed by atoms with Crippen LogP contribution in [0.2, 0.25) is 0 Å². The molecule has 2 heterocycles. The van der Waals surface area contributed by atoms with Crippen molar-refractivity contribution < 1.29 is 9.53 Å². The summed E-state index contributed by atoms with van der Waals surface area (Å²) >= 11 is 0. The van der Waals surface area contributed by atoms with Crippen molar-refractivity contribution in [3.8, 4) is 0 Å². The maximum Gasteiger partial charge on any atom is 0.224 e. The summed E-state index contributed by atoms with van der Waals surface area (Å²) < 4.78 is 5.64. The van der Waals surface area contributed by atoms with Crippen LogP contribution in [-0.4, -0.2) is 60.8 Å². The van der Waals surface area contributed by atoms with Gasteiger partial charge < -0.3 is 20.3 Å². The van der Waals surface area contributed by atoms with Crippen molar-refractivity contribution in [3.05, 3.63) is 0 Å². The van der Waals surface area contributed by atoms with Gasteiger partial charge in [0.2, 0.25) is 5.91 Å². The Kier molecular flexibility index (Phi) is 4.76. The van der Waals surface area contributed by atoms with E-state index in [4.69, 9.17) is 4.74 Å². The lowest BCUT2D eigenvalue weighted by Crippen LogP contribution is -2.53. The lowest BCUT2D eigenvalue weighted by Gasteiger charge is -2.35. The molecule has 2 N–H and O–H groups in total. The molecule has 5 nitrogen and oxygen atoms in total. The second kappa shape index (κ2) is 6.46.